The van der Waals surface area contributed by atoms with Gasteiger partial charge in [0.15, 0.2) is 0 Å². The van der Waals surface area contributed by atoms with Crippen LogP contribution in [0.4, 0.5) is 5.69 Å². The predicted molar refractivity (Wildman–Crippen MR) is 77.5 cm³/mol. The Hall–Kier alpha value is -1.92. The third kappa shape index (κ3) is 4.32. The molecule has 20 heavy (non-hydrogen) atoms. The van der Waals surface area contributed by atoms with E-state index >= 15 is 0 Å². The average molecular weight is 276 g/mol. The number of hydrogen-bond acceptors (Lipinski definition) is 4. The van der Waals surface area contributed by atoms with Crippen LogP contribution in [-0.2, 0) is 4.79 Å². The van der Waals surface area contributed by atoms with Crippen molar-refractivity contribution in [2.75, 3.05) is 38.0 Å². The highest BCUT2D eigenvalue weighted by atomic mass is 16.2. The Morgan fingerprint density at radius 3 is 2.65 bits per heavy atom. The molecule has 0 unspecified atom stereocenters. The van der Waals surface area contributed by atoms with Crippen molar-refractivity contribution in [3.8, 4) is 0 Å². The van der Waals surface area contributed by atoms with Crippen LogP contribution in [-0.4, -0.2) is 49.4 Å². The Morgan fingerprint density at radius 2 is 1.95 bits per heavy atom. The standard InChI is InChI=1S/C14H20N4O2/c15-14(20)11-2-4-12(5-3-11)17-13(19)10-18-8-1-6-16-7-9-18/h2-5,16H,1,6-10H2,(H2,15,20)(H,17,19). The van der Waals surface area contributed by atoms with Crippen molar-refractivity contribution in [1.82, 2.24) is 10.2 Å². The van der Waals surface area contributed by atoms with Crippen LogP contribution in [0, 0.1) is 0 Å². The van der Waals surface area contributed by atoms with Gasteiger partial charge in [-0.05, 0) is 43.8 Å². The van der Waals surface area contributed by atoms with Crippen molar-refractivity contribution in [2.45, 2.75) is 6.42 Å². The van der Waals surface area contributed by atoms with E-state index < -0.39 is 5.91 Å². The summed E-state index contributed by atoms with van der Waals surface area (Å²) in [7, 11) is 0. The van der Waals surface area contributed by atoms with Crippen LogP contribution in [0.2, 0.25) is 0 Å². The summed E-state index contributed by atoms with van der Waals surface area (Å²) in [6, 6.07) is 6.57. The van der Waals surface area contributed by atoms with Gasteiger partial charge in [-0.3, -0.25) is 14.5 Å². The molecular formula is C14H20N4O2. The summed E-state index contributed by atoms with van der Waals surface area (Å²) in [5, 5.41) is 6.12. The third-order valence-corrected chi connectivity index (χ3v) is 3.25. The maximum Gasteiger partial charge on any atom is 0.248 e. The van der Waals surface area contributed by atoms with Crippen molar-refractivity contribution >= 4 is 17.5 Å². The number of nitrogens with zero attached hydrogens (tertiary/aromatic N) is 1. The van der Waals surface area contributed by atoms with Gasteiger partial charge in [0, 0.05) is 24.3 Å². The van der Waals surface area contributed by atoms with Crippen LogP contribution in [0.3, 0.4) is 0 Å². The zero-order valence-electron chi connectivity index (χ0n) is 11.4. The second kappa shape index (κ2) is 7.02. The summed E-state index contributed by atoms with van der Waals surface area (Å²) >= 11 is 0. The number of nitrogens with one attached hydrogen (secondary N) is 2. The zero-order chi connectivity index (χ0) is 14.4. The zero-order valence-corrected chi connectivity index (χ0v) is 11.4. The van der Waals surface area contributed by atoms with Gasteiger partial charge in [0.25, 0.3) is 0 Å². The molecule has 1 saturated heterocycles. The van der Waals surface area contributed by atoms with E-state index in [2.05, 4.69) is 15.5 Å². The lowest BCUT2D eigenvalue weighted by Crippen LogP contribution is -2.35. The number of nitrogens with two attached hydrogens (primary N) is 1. The molecule has 108 valence electrons. The van der Waals surface area contributed by atoms with Crippen molar-refractivity contribution in [3.63, 3.8) is 0 Å². The molecule has 2 rings (SSSR count). The van der Waals surface area contributed by atoms with E-state index in [0.717, 1.165) is 32.6 Å². The fourth-order valence-electron chi connectivity index (χ4n) is 2.18. The lowest BCUT2D eigenvalue weighted by Gasteiger charge is -2.18. The Kier molecular flexibility index (Phi) is 5.09. The minimum Gasteiger partial charge on any atom is -0.366 e. The molecule has 1 aromatic carbocycles. The number of primary amides is 1. The smallest absolute Gasteiger partial charge is 0.248 e. The number of carbonyl (C=O) groups is 2. The van der Waals surface area contributed by atoms with E-state index in [1.165, 1.54) is 0 Å². The first-order valence-corrected chi connectivity index (χ1v) is 6.78. The van der Waals surface area contributed by atoms with Crippen LogP contribution >= 0.6 is 0 Å². The Balaban J connectivity index is 1.85. The molecule has 0 saturated carbocycles. The molecule has 2 amide bonds. The second-order valence-electron chi connectivity index (χ2n) is 4.87. The van der Waals surface area contributed by atoms with E-state index in [4.69, 9.17) is 5.73 Å². The van der Waals surface area contributed by atoms with E-state index in [1.807, 2.05) is 0 Å². The molecular weight excluding hydrogens is 256 g/mol. The highest BCUT2D eigenvalue weighted by molar-refractivity contribution is 5.95. The molecule has 0 atom stereocenters. The van der Waals surface area contributed by atoms with Crippen LogP contribution in [0.5, 0.6) is 0 Å². The van der Waals surface area contributed by atoms with E-state index in [-0.39, 0.29) is 5.91 Å². The molecule has 0 aliphatic carbocycles. The second-order valence-corrected chi connectivity index (χ2v) is 4.87. The number of benzene rings is 1. The van der Waals surface area contributed by atoms with Gasteiger partial charge in [0.05, 0.1) is 6.54 Å². The molecule has 0 spiro atoms. The molecule has 1 aromatic rings. The minimum atomic E-state index is -0.472. The fourth-order valence-corrected chi connectivity index (χ4v) is 2.18. The van der Waals surface area contributed by atoms with Crippen molar-refractivity contribution in [1.29, 1.82) is 0 Å². The number of carbonyl (C=O) groups excluding carboxylic acids is 2. The van der Waals surface area contributed by atoms with Gasteiger partial charge in [0.1, 0.15) is 0 Å². The van der Waals surface area contributed by atoms with Gasteiger partial charge in [-0.2, -0.15) is 0 Å². The van der Waals surface area contributed by atoms with E-state index in [1.54, 1.807) is 24.3 Å². The van der Waals surface area contributed by atoms with Crippen LogP contribution in [0.15, 0.2) is 24.3 Å². The summed E-state index contributed by atoms with van der Waals surface area (Å²) in [6.45, 7) is 4.13. The fraction of sp³-hybridized carbons (Fsp3) is 0.429. The van der Waals surface area contributed by atoms with Gasteiger partial charge in [-0.1, -0.05) is 0 Å². The quantitative estimate of drug-likeness (QED) is 0.723. The average Bonchev–Trinajstić information content (AvgIpc) is 2.68. The molecule has 0 radical (unpaired) electrons. The lowest BCUT2D eigenvalue weighted by atomic mass is 10.2. The monoisotopic (exact) mass is 276 g/mol. The molecule has 6 heteroatoms. The van der Waals surface area contributed by atoms with E-state index in [9.17, 15) is 9.59 Å². The minimum absolute atomic E-state index is 0.0428. The van der Waals surface area contributed by atoms with Crippen LogP contribution in [0.1, 0.15) is 16.8 Å². The number of hydrogen-bond donors (Lipinski definition) is 3. The highest BCUT2D eigenvalue weighted by Crippen LogP contribution is 2.09. The van der Waals surface area contributed by atoms with Crippen LogP contribution in [0.25, 0.3) is 0 Å². The van der Waals surface area contributed by atoms with Crippen LogP contribution < -0.4 is 16.4 Å². The molecule has 1 aliphatic heterocycles. The van der Waals surface area contributed by atoms with Gasteiger partial charge in [-0.15, -0.1) is 0 Å². The first-order chi connectivity index (χ1) is 9.65. The number of rotatable bonds is 4. The van der Waals surface area contributed by atoms with Crippen molar-refractivity contribution in [3.05, 3.63) is 29.8 Å². The maximum absolute atomic E-state index is 11.9. The Morgan fingerprint density at radius 1 is 1.20 bits per heavy atom. The lowest BCUT2D eigenvalue weighted by molar-refractivity contribution is -0.117. The van der Waals surface area contributed by atoms with Gasteiger partial charge in [0.2, 0.25) is 11.8 Å². The first-order valence-electron chi connectivity index (χ1n) is 6.78. The molecule has 1 fully saturated rings. The number of anilines is 1. The van der Waals surface area contributed by atoms with Gasteiger partial charge < -0.3 is 16.4 Å². The summed E-state index contributed by atoms with van der Waals surface area (Å²) in [6.07, 6.45) is 1.06. The van der Waals surface area contributed by atoms with E-state index in [0.29, 0.717) is 17.8 Å². The van der Waals surface area contributed by atoms with Gasteiger partial charge in [-0.25, -0.2) is 0 Å². The van der Waals surface area contributed by atoms with Gasteiger partial charge >= 0.3 is 0 Å². The molecule has 1 heterocycles. The predicted octanol–water partition coefficient (Wildman–Crippen LogP) is 0.0193. The molecule has 0 bridgehead atoms. The normalized spacial score (nSPS) is 16.4. The highest BCUT2D eigenvalue weighted by Gasteiger charge is 2.12. The van der Waals surface area contributed by atoms with Crippen molar-refractivity contribution < 1.29 is 9.59 Å². The Labute approximate surface area is 118 Å². The third-order valence-electron chi connectivity index (χ3n) is 3.25. The largest absolute Gasteiger partial charge is 0.366 e. The summed E-state index contributed by atoms with van der Waals surface area (Å²) in [5.74, 6) is -0.515. The first kappa shape index (κ1) is 14.5. The molecule has 6 nitrogen and oxygen atoms in total. The number of amides is 2. The van der Waals surface area contributed by atoms with Crippen molar-refractivity contribution in [2.24, 2.45) is 5.73 Å². The molecule has 1 aliphatic rings. The maximum atomic E-state index is 11.9. The summed E-state index contributed by atoms with van der Waals surface area (Å²) in [5.41, 5.74) is 6.27. The Bertz CT molecular complexity index is 465. The summed E-state index contributed by atoms with van der Waals surface area (Å²) < 4.78 is 0. The molecule has 4 N–H and O–H groups in total. The molecule has 0 aromatic heterocycles. The SMILES string of the molecule is NC(=O)c1ccc(NC(=O)CN2CCCNCC2)cc1. The summed E-state index contributed by atoms with van der Waals surface area (Å²) in [4.78, 5) is 25.0. The topological polar surface area (TPSA) is 87.5 Å².